The zero-order valence-electron chi connectivity index (χ0n) is 16.1. The Labute approximate surface area is 149 Å². The molecule has 0 saturated carbocycles. The van der Waals surface area contributed by atoms with Gasteiger partial charge in [0, 0.05) is 0 Å². The van der Waals surface area contributed by atoms with Gasteiger partial charge in [0.05, 0.1) is 0 Å². The summed E-state index contributed by atoms with van der Waals surface area (Å²) in [7, 11) is -2.17. The molecular weight excluding hydrogens is 355 g/mol. The van der Waals surface area contributed by atoms with Gasteiger partial charge in [-0.1, -0.05) is 20.8 Å². The SMILES string of the molecule is CC[Si](CC)(CC)OCC(=O)N(C(=O)OC(C)(C)C)C(C)C(F)(F)F. The van der Waals surface area contributed by atoms with Crippen LogP contribution >= 0.6 is 0 Å². The predicted octanol–water partition coefficient (Wildman–Crippen LogP) is 4.72. The highest BCUT2D eigenvalue weighted by Gasteiger charge is 2.46. The molecule has 0 fully saturated rings. The fourth-order valence-electron chi connectivity index (χ4n) is 2.27. The van der Waals surface area contributed by atoms with E-state index in [2.05, 4.69) is 0 Å². The highest BCUT2D eigenvalue weighted by atomic mass is 28.4. The molecule has 0 radical (unpaired) electrons. The van der Waals surface area contributed by atoms with Crippen LogP contribution < -0.4 is 0 Å². The molecule has 5 nitrogen and oxygen atoms in total. The van der Waals surface area contributed by atoms with Crippen LogP contribution in [0.5, 0.6) is 0 Å². The second kappa shape index (κ2) is 9.02. The Hall–Kier alpha value is -1.09. The fraction of sp³-hybridized carbons (Fsp3) is 0.875. The van der Waals surface area contributed by atoms with Crippen LogP contribution in [-0.4, -0.2) is 49.6 Å². The van der Waals surface area contributed by atoms with E-state index in [1.807, 2.05) is 20.8 Å². The van der Waals surface area contributed by atoms with Crippen LogP contribution in [-0.2, 0) is 14.0 Å². The molecule has 0 aliphatic carbocycles. The molecule has 0 heterocycles. The van der Waals surface area contributed by atoms with Gasteiger partial charge in [-0.05, 0) is 45.8 Å². The summed E-state index contributed by atoms with van der Waals surface area (Å²) in [5.74, 6) is -1.04. The van der Waals surface area contributed by atoms with Crippen molar-refractivity contribution in [2.45, 2.75) is 84.4 Å². The van der Waals surface area contributed by atoms with E-state index < -0.39 is 44.7 Å². The molecule has 148 valence electrons. The molecule has 0 aliphatic heterocycles. The smallest absolute Gasteiger partial charge is 0.417 e. The van der Waals surface area contributed by atoms with Gasteiger partial charge < -0.3 is 9.16 Å². The number of rotatable bonds is 7. The number of amides is 2. The number of imide groups is 1. The van der Waals surface area contributed by atoms with Gasteiger partial charge >= 0.3 is 12.3 Å². The zero-order valence-corrected chi connectivity index (χ0v) is 17.1. The minimum Gasteiger partial charge on any atom is -0.443 e. The summed E-state index contributed by atoms with van der Waals surface area (Å²) in [5.41, 5.74) is -1.02. The molecule has 0 aromatic heterocycles. The first-order valence-corrected chi connectivity index (χ1v) is 11.0. The van der Waals surface area contributed by atoms with Gasteiger partial charge in [0.15, 0.2) is 8.32 Å². The van der Waals surface area contributed by atoms with Crippen molar-refractivity contribution in [1.29, 1.82) is 0 Å². The number of hydrogen-bond acceptors (Lipinski definition) is 4. The topological polar surface area (TPSA) is 55.8 Å². The van der Waals surface area contributed by atoms with E-state index in [4.69, 9.17) is 9.16 Å². The van der Waals surface area contributed by atoms with E-state index in [0.29, 0.717) is 0 Å². The lowest BCUT2D eigenvalue weighted by molar-refractivity contribution is -0.183. The Bertz CT molecular complexity index is 451. The maximum absolute atomic E-state index is 13.1. The fourth-order valence-corrected chi connectivity index (χ4v) is 4.82. The summed E-state index contributed by atoms with van der Waals surface area (Å²) in [6.07, 6.45) is -6.07. The van der Waals surface area contributed by atoms with Crippen LogP contribution in [0.3, 0.4) is 0 Å². The first kappa shape index (κ1) is 23.9. The lowest BCUT2D eigenvalue weighted by atomic mass is 10.2. The number of ether oxygens (including phenoxy) is 1. The highest BCUT2D eigenvalue weighted by Crippen LogP contribution is 2.27. The minimum atomic E-state index is -4.75. The molecule has 0 spiro atoms. The number of hydrogen-bond donors (Lipinski definition) is 0. The molecule has 0 N–H and O–H groups in total. The Morgan fingerprint density at radius 3 is 1.80 bits per heavy atom. The second-order valence-corrected chi connectivity index (χ2v) is 11.8. The van der Waals surface area contributed by atoms with Gasteiger partial charge in [0.1, 0.15) is 18.2 Å². The first-order chi connectivity index (χ1) is 11.2. The van der Waals surface area contributed by atoms with Crippen LogP contribution in [0.15, 0.2) is 0 Å². The van der Waals surface area contributed by atoms with Crippen molar-refractivity contribution in [1.82, 2.24) is 4.90 Å². The maximum atomic E-state index is 13.1. The average Bonchev–Trinajstić information content (AvgIpc) is 2.46. The predicted molar refractivity (Wildman–Crippen MR) is 91.7 cm³/mol. The minimum absolute atomic E-state index is 0.116. The summed E-state index contributed by atoms with van der Waals surface area (Å²) < 4.78 is 50.0. The van der Waals surface area contributed by atoms with Crippen LogP contribution in [0.1, 0.15) is 48.5 Å². The summed E-state index contributed by atoms with van der Waals surface area (Å²) in [6.45, 7) is 10.6. The largest absolute Gasteiger partial charge is 0.443 e. The van der Waals surface area contributed by atoms with E-state index in [0.717, 1.165) is 25.1 Å². The van der Waals surface area contributed by atoms with Crippen LogP contribution in [0.2, 0.25) is 18.1 Å². The van der Waals surface area contributed by atoms with Crippen molar-refractivity contribution >= 4 is 20.3 Å². The van der Waals surface area contributed by atoms with Gasteiger partial charge in [0.25, 0.3) is 5.91 Å². The molecule has 9 heteroatoms. The van der Waals surface area contributed by atoms with Crippen LogP contribution in [0, 0.1) is 0 Å². The summed E-state index contributed by atoms with van der Waals surface area (Å²) >= 11 is 0. The lowest BCUT2D eigenvalue weighted by Gasteiger charge is -2.33. The molecule has 1 atom stereocenters. The van der Waals surface area contributed by atoms with Crippen molar-refractivity contribution in [3.63, 3.8) is 0 Å². The molecule has 0 rings (SSSR count). The Morgan fingerprint density at radius 1 is 1.04 bits per heavy atom. The molecule has 0 bridgehead atoms. The number of halogens is 3. The summed E-state index contributed by atoms with van der Waals surface area (Å²) in [6, 6.07) is -0.0585. The molecule has 2 amide bonds. The molecule has 0 aliphatic rings. The van der Waals surface area contributed by atoms with Gasteiger partial charge in [-0.25, -0.2) is 9.69 Å². The third kappa shape index (κ3) is 7.35. The van der Waals surface area contributed by atoms with Crippen molar-refractivity contribution < 1.29 is 31.9 Å². The molecule has 25 heavy (non-hydrogen) atoms. The third-order valence-corrected chi connectivity index (χ3v) is 8.78. The number of alkyl halides is 3. The highest BCUT2D eigenvalue weighted by molar-refractivity contribution is 6.73. The normalized spacial score (nSPS) is 14.2. The van der Waals surface area contributed by atoms with Crippen molar-refractivity contribution in [2.24, 2.45) is 0 Å². The van der Waals surface area contributed by atoms with Gasteiger partial charge in [0.2, 0.25) is 0 Å². The number of carbonyl (C=O) groups excluding carboxylic acids is 2. The molecule has 0 aromatic carbocycles. The Morgan fingerprint density at radius 2 is 1.48 bits per heavy atom. The van der Waals surface area contributed by atoms with Crippen molar-refractivity contribution in [2.75, 3.05) is 6.61 Å². The summed E-state index contributed by atoms with van der Waals surface area (Å²) in [4.78, 5) is 24.7. The zero-order chi connectivity index (χ0) is 20.1. The third-order valence-electron chi connectivity index (χ3n) is 4.15. The van der Waals surface area contributed by atoms with Crippen LogP contribution in [0.25, 0.3) is 0 Å². The van der Waals surface area contributed by atoms with E-state index in [1.54, 1.807) is 0 Å². The quantitative estimate of drug-likeness (QED) is 0.595. The number of nitrogens with zero attached hydrogens (tertiary/aromatic N) is 1. The van der Waals surface area contributed by atoms with E-state index in [9.17, 15) is 22.8 Å². The van der Waals surface area contributed by atoms with E-state index >= 15 is 0 Å². The monoisotopic (exact) mass is 385 g/mol. The summed E-state index contributed by atoms with van der Waals surface area (Å²) in [5, 5.41) is 0. The van der Waals surface area contributed by atoms with E-state index in [-0.39, 0.29) is 4.90 Å². The first-order valence-electron chi connectivity index (χ1n) is 8.48. The number of carbonyl (C=O) groups is 2. The Kier molecular flexibility index (Phi) is 8.63. The molecule has 0 aromatic rings. The molecular formula is C16H30F3NO4Si. The molecule has 1 unspecified atom stereocenters. The maximum Gasteiger partial charge on any atom is 0.417 e. The lowest BCUT2D eigenvalue weighted by Crippen LogP contribution is -2.53. The van der Waals surface area contributed by atoms with Crippen LogP contribution in [0.4, 0.5) is 18.0 Å². The van der Waals surface area contributed by atoms with Gasteiger partial charge in [-0.2, -0.15) is 13.2 Å². The standard InChI is InChI=1S/C16H30F3NO4Si/c1-8-25(9-2,10-3)23-11-13(21)20(12(4)16(17,18)19)14(22)24-15(5,6)7/h12H,8-11H2,1-7H3. The molecule has 0 saturated heterocycles. The van der Waals surface area contributed by atoms with E-state index in [1.165, 1.54) is 20.8 Å². The van der Waals surface area contributed by atoms with Crippen molar-refractivity contribution in [3.05, 3.63) is 0 Å². The second-order valence-electron chi connectivity index (χ2n) is 6.99. The van der Waals surface area contributed by atoms with Gasteiger partial charge in [-0.15, -0.1) is 0 Å². The average molecular weight is 385 g/mol. The Balaban J connectivity index is 5.40. The van der Waals surface area contributed by atoms with Crippen molar-refractivity contribution in [3.8, 4) is 0 Å². The van der Waals surface area contributed by atoms with Gasteiger partial charge in [-0.3, -0.25) is 4.79 Å².